The van der Waals surface area contributed by atoms with Crippen LogP contribution in [0.5, 0.6) is 0 Å². The third-order valence-corrected chi connectivity index (χ3v) is 4.17. The van der Waals surface area contributed by atoms with Crippen molar-refractivity contribution in [2.45, 2.75) is 32.9 Å². The second-order valence-electron chi connectivity index (χ2n) is 4.68. The lowest BCUT2D eigenvalue weighted by Gasteiger charge is -2.18. The zero-order valence-electron chi connectivity index (χ0n) is 11.5. The summed E-state index contributed by atoms with van der Waals surface area (Å²) in [5.74, 6) is 5.45. The van der Waals surface area contributed by atoms with E-state index in [1.165, 1.54) is 12.1 Å². The minimum absolute atomic E-state index is 0.0658. The number of nitrogens with one attached hydrogen (secondary N) is 1. The number of rotatable bonds is 5. The molecule has 0 saturated heterocycles. The summed E-state index contributed by atoms with van der Waals surface area (Å²) in [6, 6.07) is 6.75. The molecule has 0 aliphatic heterocycles. The van der Waals surface area contributed by atoms with Gasteiger partial charge in [-0.15, -0.1) is 0 Å². The van der Waals surface area contributed by atoms with Gasteiger partial charge in [0, 0.05) is 22.2 Å². The monoisotopic (exact) mass is 388 g/mol. The smallest absolute Gasteiger partial charge is 0.124 e. The molecule has 1 unspecified atom stereocenters. The van der Waals surface area contributed by atoms with Crippen LogP contribution in [0.2, 0.25) is 0 Å². The Morgan fingerprint density at radius 2 is 2.20 bits per heavy atom. The van der Waals surface area contributed by atoms with Crippen molar-refractivity contribution in [3.05, 3.63) is 50.6 Å². The van der Waals surface area contributed by atoms with E-state index in [2.05, 4.69) is 46.1 Å². The van der Waals surface area contributed by atoms with Crippen molar-refractivity contribution in [3.63, 3.8) is 0 Å². The molecule has 0 spiro atoms. The van der Waals surface area contributed by atoms with Gasteiger partial charge in [0.2, 0.25) is 0 Å². The second-order valence-corrected chi connectivity index (χ2v) is 5.84. The molecule has 3 N–H and O–H groups in total. The lowest BCUT2D eigenvalue weighted by atomic mass is 10.0. The van der Waals surface area contributed by atoms with Gasteiger partial charge in [-0.2, -0.15) is 5.10 Å². The molecule has 0 amide bonds. The first-order valence-corrected chi connectivity index (χ1v) is 7.57. The standard InChI is InChI=1S/C14H18FIN4/c1-3-20-11(6-9(2)19-20)8-14(18-17)12-5-4-10(15)7-13(12)16/h4-7,14,18H,3,8,17H2,1-2H3. The summed E-state index contributed by atoms with van der Waals surface area (Å²) in [6.45, 7) is 4.85. The van der Waals surface area contributed by atoms with Crippen LogP contribution in [-0.4, -0.2) is 9.78 Å². The Labute approximate surface area is 131 Å². The maximum atomic E-state index is 13.2. The molecule has 6 heteroatoms. The van der Waals surface area contributed by atoms with Crippen LogP contribution >= 0.6 is 22.6 Å². The zero-order chi connectivity index (χ0) is 14.7. The molecule has 4 nitrogen and oxygen atoms in total. The summed E-state index contributed by atoms with van der Waals surface area (Å²) in [5, 5.41) is 4.43. The van der Waals surface area contributed by atoms with Crippen molar-refractivity contribution in [2.75, 3.05) is 0 Å². The summed E-state index contributed by atoms with van der Waals surface area (Å²) in [7, 11) is 0. The average Bonchev–Trinajstić information content (AvgIpc) is 2.76. The number of hydrogen-bond acceptors (Lipinski definition) is 3. The molecule has 0 fully saturated rings. The van der Waals surface area contributed by atoms with E-state index in [0.717, 1.165) is 27.1 Å². The first-order valence-electron chi connectivity index (χ1n) is 6.49. The fourth-order valence-electron chi connectivity index (χ4n) is 2.29. The van der Waals surface area contributed by atoms with Crippen molar-refractivity contribution in [2.24, 2.45) is 5.84 Å². The number of hydrogen-bond donors (Lipinski definition) is 2. The summed E-state index contributed by atoms with van der Waals surface area (Å²) in [4.78, 5) is 0. The largest absolute Gasteiger partial charge is 0.271 e. The van der Waals surface area contributed by atoms with Crippen LogP contribution in [0.15, 0.2) is 24.3 Å². The lowest BCUT2D eigenvalue weighted by molar-refractivity contribution is 0.514. The fraction of sp³-hybridized carbons (Fsp3) is 0.357. The summed E-state index contributed by atoms with van der Waals surface area (Å²) in [6.07, 6.45) is 0.715. The Kier molecular flexibility index (Phi) is 5.11. The van der Waals surface area contributed by atoms with Gasteiger partial charge < -0.3 is 0 Å². The van der Waals surface area contributed by atoms with Crippen molar-refractivity contribution in [1.82, 2.24) is 15.2 Å². The molecule has 1 aromatic carbocycles. The van der Waals surface area contributed by atoms with Crippen LogP contribution in [0.3, 0.4) is 0 Å². The van der Waals surface area contributed by atoms with E-state index < -0.39 is 0 Å². The first-order chi connectivity index (χ1) is 9.55. The van der Waals surface area contributed by atoms with E-state index in [-0.39, 0.29) is 11.9 Å². The van der Waals surface area contributed by atoms with Gasteiger partial charge in [-0.25, -0.2) is 4.39 Å². The number of halogens is 2. The normalized spacial score (nSPS) is 12.7. The highest BCUT2D eigenvalue weighted by atomic mass is 127. The third-order valence-electron chi connectivity index (χ3n) is 3.24. The molecule has 2 aromatic rings. The summed E-state index contributed by atoms with van der Waals surface area (Å²) < 4.78 is 16.0. The van der Waals surface area contributed by atoms with Gasteiger partial charge in [0.25, 0.3) is 0 Å². The topological polar surface area (TPSA) is 55.9 Å². The first kappa shape index (κ1) is 15.4. The van der Waals surface area contributed by atoms with Crippen LogP contribution in [0, 0.1) is 16.3 Å². The van der Waals surface area contributed by atoms with Gasteiger partial charge in [0.1, 0.15) is 5.82 Å². The van der Waals surface area contributed by atoms with E-state index in [9.17, 15) is 4.39 Å². The summed E-state index contributed by atoms with van der Waals surface area (Å²) in [5.41, 5.74) is 5.93. The predicted molar refractivity (Wildman–Crippen MR) is 85.5 cm³/mol. The Bertz CT molecular complexity index is 597. The molecule has 1 heterocycles. The number of benzene rings is 1. The average molecular weight is 388 g/mol. The maximum absolute atomic E-state index is 13.2. The highest BCUT2D eigenvalue weighted by Gasteiger charge is 2.17. The van der Waals surface area contributed by atoms with E-state index >= 15 is 0 Å². The highest BCUT2D eigenvalue weighted by Crippen LogP contribution is 2.24. The number of aryl methyl sites for hydroxylation is 2. The van der Waals surface area contributed by atoms with Gasteiger partial charge in [0.05, 0.1) is 11.7 Å². The van der Waals surface area contributed by atoms with Gasteiger partial charge in [-0.1, -0.05) is 6.07 Å². The van der Waals surface area contributed by atoms with Crippen LogP contribution in [0.25, 0.3) is 0 Å². The molecule has 0 aliphatic rings. The van der Waals surface area contributed by atoms with E-state index in [4.69, 9.17) is 5.84 Å². The molecule has 0 saturated carbocycles. The molecule has 2 rings (SSSR count). The van der Waals surface area contributed by atoms with Crippen molar-refractivity contribution < 1.29 is 4.39 Å². The lowest BCUT2D eigenvalue weighted by Crippen LogP contribution is -2.30. The van der Waals surface area contributed by atoms with Crippen LogP contribution in [-0.2, 0) is 13.0 Å². The quantitative estimate of drug-likeness (QED) is 0.471. The maximum Gasteiger partial charge on any atom is 0.124 e. The molecule has 108 valence electrons. The number of nitrogens with zero attached hydrogens (tertiary/aromatic N) is 2. The SMILES string of the molecule is CCn1nc(C)cc1CC(NN)c1ccc(F)cc1I. The van der Waals surface area contributed by atoms with Gasteiger partial charge >= 0.3 is 0 Å². The molecule has 0 bridgehead atoms. The van der Waals surface area contributed by atoms with E-state index in [0.29, 0.717) is 6.42 Å². The molecule has 1 aromatic heterocycles. The van der Waals surface area contributed by atoms with Crippen LogP contribution < -0.4 is 11.3 Å². The Morgan fingerprint density at radius 3 is 2.80 bits per heavy atom. The van der Waals surface area contributed by atoms with Gasteiger partial charge in [-0.3, -0.25) is 16.0 Å². The number of aromatic nitrogens is 2. The molecule has 0 aliphatic carbocycles. The number of hydrazine groups is 1. The van der Waals surface area contributed by atoms with Crippen molar-refractivity contribution in [3.8, 4) is 0 Å². The fourth-order valence-corrected chi connectivity index (χ4v) is 3.14. The van der Waals surface area contributed by atoms with E-state index in [1.807, 2.05) is 11.6 Å². The van der Waals surface area contributed by atoms with Gasteiger partial charge in [0.15, 0.2) is 0 Å². The predicted octanol–water partition coefficient (Wildman–Crippen LogP) is 2.70. The minimum atomic E-state index is -0.233. The highest BCUT2D eigenvalue weighted by molar-refractivity contribution is 14.1. The second kappa shape index (κ2) is 6.64. The van der Waals surface area contributed by atoms with Crippen LogP contribution in [0.1, 0.15) is 29.9 Å². The Morgan fingerprint density at radius 1 is 1.45 bits per heavy atom. The third kappa shape index (κ3) is 3.36. The number of nitrogens with two attached hydrogens (primary N) is 1. The van der Waals surface area contributed by atoms with Crippen LogP contribution in [0.4, 0.5) is 4.39 Å². The molecule has 1 atom stereocenters. The summed E-state index contributed by atoms with van der Waals surface area (Å²) >= 11 is 2.13. The van der Waals surface area contributed by atoms with Crippen molar-refractivity contribution in [1.29, 1.82) is 0 Å². The molecule has 0 radical (unpaired) electrons. The molecule has 20 heavy (non-hydrogen) atoms. The molecular formula is C14H18FIN4. The Balaban J connectivity index is 2.28. The zero-order valence-corrected chi connectivity index (χ0v) is 13.7. The van der Waals surface area contributed by atoms with Gasteiger partial charge in [-0.05, 0) is 60.2 Å². The minimum Gasteiger partial charge on any atom is -0.271 e. The Hall–Kier alpha value is -0.990. The molecular weight excluding hydrogens is 370 g/mol. The van der Waals surface area contributed by atoms with Crippen molar-refractivity contribution >= 4 is 22.6 Å². The van der Waals surface area contributed by atoms with E-state index in [1.54, 1.807) is 6.07 Å².